The molecular formula is C12H14Br2N6O2S4. The third-order valence-corrected chi connectivity index (χ3v) is 8.31. The van der Waals surface area contributed by atoms with Crippen LogP contribution in [0.5, 0.6) is 0 Å². The van der Waals surface area contributed by atoms with Crippen molar-refractivity contribution in [2.24, 2.45) is 0 Å². The lowest BCUT2D eigenvalue weighted by molar-refractivity contribution is -0.117. The van der Waals surface area contributed by atoms with E-state index in [9.17, 15) is 9.59 Å². The van der Waals surface area contributed by atoms with Crippen molar-refractivity contribution in [3.05, 3.63) is 0 Å². The summed E-state index contributed by atoms with van der Waals surface area (Å²) in [6, 6.07) is 0. The summed E-state index contributed by atoms with van der Waals surface area (Å²) in [7, 11) is 2.75. The van der Waals surface area contributed by atoms with Gasteiger partial charge in [0.1, 0.15) is 0 Å². The number of rotatable bonds is 11. The molecule has 8 nitrogen and oxygen atoms in total. The van der Waals surface area contributed by atoms with E-state index >= 15 is 0 Å². The van der Waals surface area contributed by atoms with E-state index < -0.39 is 0 Å². The highest BCUT2D eigenvalue weighted by Crippen LogP contribution is 2.41. The van der Waals surface area contributed by atoms with E-state index in [2.05, 4.69) is 62.9 Å². The van der Waals surface area contributed by atoms with Crippen LogP contribution in [-0.4, -0.2) is 42.9 Å². The topological polar surface area (TPSA) is 110 Å². The van der Waals surface area contributed by atoms with Gasteiger partial charge in [-0.3, -0.25) is 9.59 Å². The van der Waals surface area contributed by atoms with Crippen LogP contribution in [-0.2, 0) is 9.59 Å². The highest BCUT2D eigenvalue weighted by molar-refractivity contribution is 9.09. The second kappa shape index (κ2) is 12.2. The Morgan fingerprint density at radius 2 is 1.23 bits per heavy atom. The number of carbonyl (C=O) groups excluding carboxylic acids is 2. The van der Waals surface area contributed by atoms with Crippen LogP contribution in [0.3, 0.4) is 0 Å². The molecule has 2 aromatic heterocycles. The third kappa shape index (κ3) is 8.17. The molecule has 2 aromatic rings. The number of halogens is 2. The largest absolute Gasteiger partial charge is 0.301 e. The van der Waals surface area contributed by atoms with Crippen molar-refractivity contribution < 1.29 is 9.59 Å². The highest BCUT2D eigenvalue weighted by Gasteiger charge is 2.12. The van der Waals surface area contributed by atoms with Gasteiger partial charge in [-0.1, -0.05) is 54.5 Å². The Labute approximate surface area is 182 Å². The van der Waals surface area contributed by atoms with Crippen LogP contribution in [0.4, 0.5) is 10.3 Å². The van der Waals surface area contributed by atoms with Crippen molar-refractivity contribution in [2.45, 2.75) is 34.4 Å². The fourth-order valence-corrected chi connectivity index (χ4v) is 5.91. The number of carbonyl (C=O) groups is 2. The molecule has 0 spiro atoms. The lowest BCUT2D eigenvalue weighted by Gasteiger charge is -1.98. The SMILES string of the molecule is O=C(CCCBr)Nc1nnc(SSc2nnc(NC(=O)CCCBr)s2)s1. The number of hydrogen-bond donors (Lipinski definition) is 2. The molecule has 142 valence electrons. The molecule has 0 saturated carbocycles. The van der Waals surface area contributed by atoms with Crippen molar-refractivity contribution in [1.82, 2.24) is 20.4 Å². The first-order valence-electron chi connectivity index (χ1n) is 7.34. The van der Waals surface area contributed by atoms with Crippen LogP contribution in [0.1, 0.15) is 25.7 Å². The van der Waals surface area contributed by atoms with E-state index in [1.54, 1.807) is 0 Å². The van der Waals surface area contributed by atoms with E-state index in [1.807, 2.05) is 0 Å². The van der Waals surface area contributed by atoms with Crippen LogP contribution in [0.2, 0.25) is 0 Å². The second-order valence-electron chi connectivity index (χ2n) is 4.59. The maximum absolute atomic E-state index is 11.7. The molecule has 0 bridgehead atoms. The van der Waals surface area contributed by atoms with Gasteiger partial charge in [0.15, 0.2) is 8.68 Å². The summed E-state index contributed by atoms with van der Waals surface area (Å²) < 4.78 is 1.40. The summed E-state index contributed by atoms with van der Waals surface area (Å²) in [5, 5.41) is 23.9. The minimum atomic E-state index is -0.0748. The minimum Gasteiger partial charge on any atom is -0.301 e. The fraction of sp³-hybridized carbons (Fsp3) is 0.500. The monoisotopic (exact) mass is 560 g/mol. The summed E-state index contributed by atoms with van der Waals surface area (Å²) in [4.78, 5) is 23.3. The predicted octanol–water partition coefficient (Wildman–Crippen LogP) is 4.42. The van der Waals surface area contributed by atoms with Gasteiger partial charge in [-0.2, -0.15) is 0 Å². The van der Waals surface area contributed by atoms with Gasteiger partial charge in [0.2, 0.25) is 22.1 Å². The standard InChI is InChI=1S/C12H14Br2N6O2S4/c13-5-1-3-7(21)15-9-17-19-11(23-9)25-26-12-20-18-10(24-12)16-8(22)4-2-6-14/h1-6H2,(H,15,17,21)(H,16,18,22). The fourth-order valence-electron chi connectivity index (χ4n) is 1.48. The first kappa shape index (κ1) is 22.0. The van der Waals surface area contributed by atoms with Gasteiger partial charge >= 0.3 is 0 Å². The zero-order valence-corrected chi connectivity index (χ0v) is 19.7. The third-order valence-electron chi connectivity index (χ3n) is 2.56. The molecule has 2 N–H and O–H groups in total. The molecule has 0 unspecified atom stereocenters. The highest BCUT2D eigenvalue weighted by atomic mass is 79.9. The molecule has 2 amide bonds. The first-order valence-corrected chi connectivity index (χ1v) is 13.4. The molecule has 0 aliphatic rings. The molecule has 0 aliphatic carbocycles. The van der Waals surface area contributed by atoms with E-state index in [0.29, 0.717) is 31.8 Å². The van der Waals surface area contributed by atoms with Crippen LogP contribution in [0.25, 0.3) is 0 Å². The average molecular weight is 562 g/mol. The van der Waals surface area contributed by atoms with Gasteiger partial charge in [-0.15, -0.1) is 20.4 Å². The van der Waals surface area contributed by atoms with Crippen LogP contribution >= 0.6 is 76.1 Å². The molecule has 0 radical (unpaired) electrons. The van der Waals surface area contributed by atoms with Gasteiger partial charge in [-0.05, 0) is 34.4 Å². The molecule has 2 heterocycles. The summed E-state index contributed by atoms with van der Waals surface area (Å²) in [5.41, 5.74) is 0. The molecule has 0 aliphatic heterocycles. The molecule has 0 aromatic carbocycles. The first-order chi connectivity index (χ1) is 12.6. The van der Waals surface area contributed by atoms with Gasteiger partial charge in [-0.25, -0.2) is 0 Å². The summed E-state index contributed by atoms with van der Waals surface area (Å²) in [6.07, 6.45) is 2.43. The molecule has 0 atom stereocenters. The number of aromatic nitrogens is 4. The summed E-state index contributed by atoms with van der Waals surface area (Å²) >= 11 is 9.18. The quantitative estimate of drug-likeness (QED) is 0.236. The van der Waals surface area contributed by atoms with Crippen LogP contribution in [0.15, 0.2) is 8.68 Å². The van der Waals surface area contributed by atoms with Gasteiger partial charge in [0.25, 0.3) is 0 Å². The smallest absolute Gasteiger partial charge is 0.226 e. The van der Waals surface area contributed by atoms with Crippen molar-refractivity contribution in [3.8, 4) is 0 Å². The van der Waals surface area contributed by atoms with Gasteiger partial charge in [0, 0.05) is 23.5 Å². The van der Waals surface area contributed by atoms with E-state index in [-0.39, 0.29) is 11.8 Å². The van der Waals surface area contributed by atoms with E-state index in [1.165, 1.54) is 44.3 Å². The Morgan fingerprint density at radius 3 is 1.62 bits per heavy atom. The molecule has 26 heavy (non-hydrogen) atoms. The summed E-state index contributed by atoms with van der Waals surface area (Å²) in [6.45, 7) is 0. The molecule has 0 saturated heterocycles. The number of nitrogens with one attached hydrogen (secondary N) is 2. The average Bonchev–Trinajstić information content (AvgIpc) is 3.25. The van der Waals surface area contributed by atoms with Gasteiger partial charge < -0.3 is 10.6 Å². The normalized spacial score (nSPS) is 10.7. The van der Waals surface area contributed by atoms with Crippen LogP contribution < -0.4 is 10.6 Å². The lowest BCUT2D eigenvalue weighted by atomic mass is 10.3. The molecule has 2 rings (SSSR count). The summed E-state index contributed by atoms with van der Waals surface area (Å²) in [5.74, 6) is -0.150. The van der Waals surface area contributed by atoms with Gasteiger partial charge in [0.05, 0.1) is 0 Å². The Hall–Kier alpha value is -0.280. The van der Waals surface area contributed by atoms with Crippen molar-refractivity contribution in [2.75, 3.05) is 21.3 Å². The van der Waals surface area contributed by atoms with Crippen molar-refractivity contribution >= 4 is 98.2 Å². The zero-order valence-electron chi connectivity index (χ0n) is 13.2. The molecule has 0 fully saturated rings. The number of hydrogen-bond acceptors (Lipinski definition) is 10. The van der Waals surface area contributed by atoms with Crippen LogP contribution in [0, 0.1) is 0 Å². The number of nitrogens with zero attached hydrogens (tertiary/aromatic N) is 4. The number of amides is 2. The van der Waals surface area contributed by atoms with Crippen molar-refractivity contribution in [3.63, 3.8) is 0 Å². The Morgan fingerprint density at radius 1 is 0.808 bits per heavy atom. The van der Waals surface area contributed by atoms with E-state index in [0.717, 1.165) is 23.5 Å². The number of anilines is 2. The molecule has 14 heteroatoms. The van der Waals surface area contributed by atoms with Crippen molar-refractivity contribution in [1.29, 1.82) is 0 Å². The Kier molecular flexibility index (Phi) is 10.4. The number of alkyl halides is 2. The molecular weight excluding hydrogens is 548 g/mol. The second-order valence-corrected chi connectivity index (χ2v) is 10.8. The zero-order chi connectivity index (χ0) is 18.8. The Balaban J connectivity index is 1.77. The Bertz CT molecular complexity index is 668. The predicted molar refractivity (Wildman–Crippen MR) is 115 cm³/mol. The maximum atomic E-state index is 11.7. The maximum Gasteiger partial charge on any atom is 0.226 e. The lowest BCUT2D eigenvalue weighted by Crippen LogP contribution is -2.10. The minimum absolute atomic E-state index is 0.0748. The van der Waals surface area contributed by atoms with E-state index in [4.69, 9.17) is 0 Å².